The van der Waals surface area contributed by atoms with Gasteiger partial charge in [0.05, 0.1) is 12.1 Å². The van der Waals surface area contributed by atoms with Crippen molar-refractivity contribution < 1.29 is 53.4 Å². The van der Waals surface area contributed by atoms with Crippen LogP contribution in [0, 0.1) is 0 Å². The summed E-state index contributed by atoms with van der Waals surface area (Å²) in [5.41, 5.74) is 25.9. The predicted octanol–water partition coefficient (Wildman–Crippen LogP) is 1.07. The van der Waals surface area contributed by atoms with Gasteiger partial charge in [-0.1, -0.05) is 112 Å². The molecule has 1 saturated heterocycles. The fraction of sp³-hybridized carbons (Fsp3) is 0.351. The Bertz CT molecular complexity index is 3090. The average molecular weight is 1200 g/mol. The van der Waals surface area contributed by atoms with Crippen LogP contribution in [0.15, 0.2) is 115 Å². The quantitative estimate of drug-likeness (QED) is 0.0406. The number of anilines is 1. The van der Waals surface area contributed by atoms with Crippen LogP contribution >= 0.6 is 33.2 Å². The lowest BCUT2D eigenvalue weighted by atomic mass is 10.0. The smallest absolute Gasteiger partial charge is 0.316 e. The molecule has 10 amide bonds. The number of rotatable bonds is 19. The number of amides is 10. The maximum atomic E-state index is 14.8. The number of phenols is 1. The zero-order chi connectivity index (χ0) is 60.2. The molecule has 5 aromatic rings. The zero-order valence-corrected chi connectivity index (χ0v) is 47.7. The second-order valence-corrected chi connectivity index (χ2v) is 22.9. The number of urea groups is 1. The Hall–Kier alpha value is -7.94. The summed E-state index contributed by atoms with van der Waals surface area (Å²) >= 11 is 6.09. The minimum absolute atomic E-state index is 0.0321. The van der Waals surface area contributed by atoms with Gasteiger partial charge in [0.1, 0.15) is 48.0 Å². The van der Waals surface area contributed by atoms with Crippen molar-refractivity contribution >= 4 is 103 Å². The number of halogens is 1. The Labute approximate surface area is 492 Å². The first-order chi connectivity index (χ1) is 39.6. The third kappa shape index (κ3) is 20.2. The summed E-state index contributed by atoms with van der Waals surface area (Å²) in [7, 11) is 1.95. The molecule has 6 rings (SSSR count). The Kier molecular flexibility index (Phi) is 24.4. The molecule has 0 radical (unpaired) electrons. The lowest BCUT2D eigenvalue weighted by Crippen LogP contribution is -2.62. The molecule has 9 atom stereocenters. The Morgan fingerprint density at radius 2 is 1.23 bits per heavy atom. The van der Waals surface area contributed by atoms with Gasteiger partial charge in [-0.05, 0) is 109 Å². The largest absolute Gasteiger partial charge is 0.508 e. The maximum Gasteiger partial charge on any atom is 0.316 e. The van der Waals surface area contributed by atoms with E-state index in [0.29, 0.717) is 39.4 Å². The van der Waals surface area contributed by atoms with Crippen LogP contribution in [0.25, 0.3) is 10.8 Å². The van der Waals surface area contributed by atoms with Crippen molar-refractivity contribution in [2.45, 2.75) is 106 Å². The molecule has 0 aromatic heterocycles. The van der Waals surface area contributed by atoms with E-state index < -0.39 is 108 Å². The number of nitrogens with one attached hydrogen (secondary N) is 8. The Morgan fingerprint density at radius 3 is 1.84 bits per heavy atom. The van der Waals surface area contributed by atoms with E-state index in [1.54, 1.807) is 42.5 Å². The van der Waals surface area contributed by atoms with Crippen molar-refractivity contribution in [3.63, 3.8) is 0 Å². The van der Waals surface area contributed by atoms with Crippen LogP contribution in [-0.2, 0) is 64.0 Å². The van der Waals surface area contributed by atoms with Gasteiger partial charge in [-0.15, -0.1) is 0 Å². The van der Waals surface area contributed by atoms with Gasteiger partial charge in [-0.25, -0.2) is 4.79 Å². The topological polar surface area (TPSA) is 394 Å². The lowest BCUT2D eigenvalue weighted by molar-refractivity contribution is -0.136. The highest BCUT2D eigenvalue weighted by atomic mass is 35.5. The number of carbonyl (C=O) groups excluding carboxylic acids is 9. The fourth-order valence-corrected chi connectivity index (χ4v) is 11.3. The predicted molar refractivity (Wildman–Crippen MR) is 318 cm³/mol. The first kappa shape index (κ1) is 64.2. The summed E-state index contributed by atoms with van der Waals surface area (Å²) in [5, 5.41) is 44.5. The first-order valence-electron chi connectivity index (χ1n) is 26.6. The van der Waals surface area contributed by atoms with E-state index in [4.69, 9.17) is 34.5 Å². The summed E-state index contributed by atoms with van der Waals surface area (Å²) in [6, 6.07) is 19.1. The number of aliphatic hydroxyl groups excluding tert-OH is 1. The molecule has 0 saturated carbocycles. The number of primary amides is 2. The SMILES string of the molecule is C[C@@H](O)[C@@H]1NC(=O)[C@H](CCCCN)NC(=O)[C@@H](Cc2ccc(NC(N)=O)cc2)NC(=O)[C@H](Cc2ccc(O)cc2)NC(=O)[C@H](NC(=O)[C@@H](N)Cc2ccc(Cl)cc2)CSSC[C@@H](C(=O)N[C@@H](Cc2ccc3ccccc3c2)C(N)=O)NC1=O. The summed E-state index contributed by atoms with van der Waals surface area (Å²) in [6.45, 7) is 1.44. The van der Waals surface area contributed by atoms with Gasteiger partial charge in [-0.2, -0.15) is 0 Å². The molecule has 0 spiro atoms. The van der Waals surface area contributed by atoms with Crippen molar-refractivity contribution in [1.29, 1.82) is 0 Å². The molecule has 1 aliphatic rings. The second-order valence-electron chi connectivity index (χ2n) is 19.9. The number of phenolic OH excluding ortho intramolecular Hbond substituents is 1. The molecule has 1 heterocycles. The third-order valence-electron chi connectivity index (χ3n) is 13.4. The van der Waals surface area contributed by atoms with Crippen LogP contribution in [0.3, 0.4) is 0 Å². The van der Waals surface area contributed by atoms with Crippen LogP contribution in [0.5, 0.6) is 5.75 Å². The number of nitrogens with two attached hydrogens (primary N) is 4. The average Bonchev–Trinajstić information content (AvgIpc) is 3.46. The van der Waals surface area contributed by atoms with Crippen LogP contribution in [0.2, 0.25) is 5.02 Å². The monoisotopic (exact) mass is 1200 g/mol. The summed E-state index contributed by atoms with van der Waals surface area (Å²) in [5.74, 6) is -7.78. The normalized spacial score (nSPS) is 20.6. The van der Waals surface area contributed by atoms with Gasteiger partial charge in [0.25, 0.3) is 0 Å². The van der Waals surface area contributed by atoms with E-state index in [9.17, 15) is 53.4 Å². The van der Waals surface area contributed by atoms with E-state index in [-0.39, 0.29) is 62.3 Å². The molecular weight excluding hydrogens is 1130 g/mol. The Balaban J connectivity index is 1.39. The number of aliphatic hydroxyl groups is 1. The molecule has 83 heavy (non-hydrogen) atoms. The molecule has 0 unspecified atom stereocenters. The zero-order valence-electron chi connectivity index (χ0n) is 45.3. The van der Waals surface area contributed by atoms with E-state index >= 15 is 0 Å². The third-order valence-corrected chi connectivity index (χ3v) is 16.1. The van der Waals surface area contributed by atoms with Crippen LogP contribution < -0.4 is 65.5 Å². The number of hydrogen-bond donors (Lipinski definition) is 14. The molecule has 1 aliphatic heterocycles. The van der Waals surface area contributed by atoms with Gasteiger partial charge in [0.2, 0.25) is 47.3 Å². The number of fused-ring (bicyclic) bond motifs is 1. The van der Waals surface area contributed by atoms with E-state index in [1.807, 2.05) is 36.4 Å². The molecule has 442 valence electrons. The lowest BCUT2D eigenvalue weighted by Gasteiger charge is -2.29. The van der Waals surface area contributed by atoms with Crippen molar-refractivity contribution in [3.05, 3.63) is 143 Å². The molecule has 23 nitrogen and oxygen atoms in total. The number of hydrogen-bond acceptors (Lipinski definition) is 15. The highest BCUT2D eigenvalue weighted by Gasteiger charge is 2.36. The summed E-state index contributed by atoms with van der Waals surface area (Å²) in [4.78, 5) is 126. The minimum atomic E-state index is -1.75. The fourth-order valence-electron chi connectivity index (χ4n) is 8.83. The number of benzene rings is 5. The molecule has 0 bridgehead atoms. The number of unbranched alkanes of at least 4 members (excludes halogenated alkanes) is 1. The van der Waals surface area contributed by atoms with Crippen molar-refractivity contribution in [2.24, 2.45) is 22.9 Å². The van der Waals surface area contributed by atoms with Crippen molar-refractivity contribution in [3.8, 4) is 5.75 Å². The molecule has 5 aromatic carbocycles. The standard InChI is InChI=1S/C57H69ClN12O11S2/c1-31(71)48-56(80)69-47(54(78)65-43(49(61)73)28-35-9-16-36-6-2-3-7-37(36)24-35)30-83-82-29-46(68-50(74)41(60)25-32-10-17-38(58)18-11-32)55(79)67-45(27-34-14-21-40(72)22-15-34)53(77)66-44(26-33-12-19-39(20-13-33)63-57(62)81)52(76)64-42(51(75)70-48)8-4-5-23-59/h2-3,6-7,9-22,24,31,41-48,71-72H,4-5,8,23,25-30,59-60H2,1H3,(H2,61,73)(H,64,76)(H,65,78)(H,66,77)(H,67,79)(H,68,74)(H,69,80)(H,70,75)(H3,62,63,81)/t31-,41+,42+,43+,44-,45+,46-,47+,48+/m1/s1. The van der Waals surface area contributed by atoms with Gasteiger partial charge >= 0.3 is 6.03 Å². The van der Waals surface area contributed by atoms with Crippen molar-refractivity contribution in [1.82, 2.24) is 37.2 Å². The second kappa shape index (κ2) is 31.5. The van der Waals surface area contributed by atoms with Gasteiger partial charge in [-0.3, -0.25) is 38.4 Å². The van der Waals surface area contributed by atoms with Crippen LogP contribution in [0.1, 0.15) is 48.4 Å². The molecule has 0 aliphatic carbocycles. The maximum absolute atomic E-state index is 14.8. The molecule has 18 N–H and O–H groups in total. The summed E-state index contributed by atoms with van der Waals surface area (Å²) in [6.07, 6.45) is -1.41. The van der Waals surface area contributed by atoms with Gasteiger partial charge in [0.15, 0.2) is 0 Å². The summed E-state index contributed by atoms with van der Waals surface area (Å²) < 4.78 is 0. The first-order valence-corrected chi connectivity index (χ1v) is 29.5. The van der Waals surface area contributed by atoms with E-state index in [1.165, 1.54) is 43.3 Å². The molecule has 26 heteroatoms. The Morgan fingerprint density at radius 1 is 0.663 bits per heavy atom. The van der Waals surface area contributed by atoms with Gasteiger partial charge in [0, 0.05) is 41.5 Å². The highest BCUT2D eigenvalue weighted by Crippen LogP contribution is 2.25. The molecule has 1 fully saturated rings. The van der Waals surface area contributed by atoms with Crippen LogP contribution in [-0.4, -0.2) is 136 Å². The van der Waals surface area contributed by atoms with Crippen molar-refractivity contribution in [2.75, 3.05) is 23.4 Å². The highest BCUT2D eigenvalue weighted by molar-refractivity contribution is 8.76. The van der Waals surface area contributed by atoms with Gasteiger partial charge < -0.3 is 75.7 Å². The van der Waals surface area contributed by atoms with Crippen LogP contribution in [0.4, 0.5) is 10.5 Å². The molecular formula is C57H69ClN12O11S2. The van der Waals surface area contributed by atoms with E-state index in [2.05, 4.69) is 42.5 Å². The number of carbonyl (C=O) groups is 9. The van der Waals surface area contributed by atoms with E-state index in [0.717, 1.165) is 32.4 Å². The minimum Gasteiger partial charge on any atom is -0.508 e. The number of aromatic hydroxyl groups is 1.